The van der Waals surface area contributed by atoms with Crippen LogP contribution in [0.1, 0.15) is 39.2 Å². The number of carbonyl (C=O) groups excluding carboxylic acids is 1. The van der Waals surface area contributed by atoms with Crippen molar-refractivity contribution >= 4 is 11.8 Å². The first kappa shape index (κ1) is 26.6. The van der Waals surface area contributed by atoms with Gasteiger partial charge in [0.05, 0.1) is 12.0 Å². The van der Waals surface area contributed by atoms with Crippen LogP contribution in [0.15, 0.2) is 66.7 Å². The molecule has 0 aromatic heterocycles. The number of para-hydroxylation sites is 1. The van der Waals surface area contributed by atoms with Crippen molar-refractivity contribution in [2.45, 2.75) is 45.2 Å². The molecule has 2 aliphatic rings. The minimum absolute atomic E-state index is 0.0904. The highest BCUT2D eigenvalue weighted by Gasteiger charge is 2.78. The van der Waals surface area contributed by atoms with Crippen LogP contribution >= 0.6 is 0 Å². The number of nitriles is 1. The number of allylic oxidation sites excluding steroid dienone is 1. The second-order valence-electron chi connectivity index (χ2n) is 10.4. The van der Waals surface area contributed by atoms with Gasteiger partial charge in [0.15, 0.2) is 5.79 Å². The average molecular weight is 506 g/mol. The Bertz CT molecular complexity index is 1260. The molecule has 1 aliphatic heterocycles. The number of hydrogen-bond donors (Lipinski definition) is 1. The highest BCUT2D eigenvalue weighted by molar-refractivity contribution is 5.96. The Morgan fingerprint density at radius 3 is 2.35 bits per heavy atom. The van der Waals surface area contributed by atoms with Gasteiger partial charge in [0.1, 0.15) is 23.5 Å². The van der Waals surface area contributed by atoms with E-state index in [4.69, 9.17) is 18.9 Å². The lowest BCUT2D eigenvalue weighted by Crippen LogP contribution is -2.43. The summed E-state index contributed by atoms with van der Waals surface area (Å²) in [5.74, 6) is -4.68. The molecule has 1 aliphatic carbocycles. The topological polar surface area (TPSA) is 115 Å². The third-order valence-corrected chi connectivity index (χ3v) is 7.53. The van der Waals surface area contributed by atoms with E-state index in [1.165, 1.54) is 13.2 Å². The Morgan fingerprint density at radius 2 is 1.78 bits per heavy atom. The number of carbonyl (C=O) groups is 2. The maximum Gasteiger partial charge on any atom is 0.312 e. The van der Waals surface area contributed by atoms with Crippen molar-refractivity contribution in [3.05, 3.63) is 72.3 Å². The van der Waals surface area contributed by atoms with Crippen molar-refractivity contribution in [3.8, 4) is 17.6 Å². The summed E-state index contributed by atoms with van der Waals surface area (Å²) < 4.78 is 22.5. The summed E-state index contributed by atoms with van der Waals surface area (Å²) in [6.07, 6.45) is 2.84. The molecule has 1 saturated carbocycles. The standard InChI is InChI=1S/C29H31NO7/c1-26(2)23(14-15-24(31)28(34-5)18-35-27(3,4)37-28)29(26,25(32)33)22(17-30)19-10-9-13-21(16-19)36-20-11-7-6-8-12-20/h6-16,22-23H,18H2,1-5H3,(H,32,33)/t22?,23-,28-,29+/m0/s1. The number of ketones is 1. The van der Waals surface area contributed by atoms with Gasteiger partial charge in [0.25, 0.3) is 5.79 Å². The Morgan fingerprint density at radius 1 is 1.11 bits per heavy atom. The maximum atomic E-state index is 13.1. The fourth-order valence-electron chi connectivity index (χ4n) is 5.49. The first-order valence-corrected chi connectivity index (χ1v) is 12.0. The van der Waals surface area contributed by atoms with Crippen LogP contribution in [0.3, 0.4) is 0 Å². The Balaban J connectivity index is 1.64. The van der Waals surface area contributed by atoms with Crippen LogP contribution < -0.4 is 4.74 Å². The number of aliphatic carboxylic acids is 1. The lowest BCUT2D eigenvalue weighted by atomic mass is 9.78. The smallest absolute Gasteiger partial charge is 0.312 e. The zero-order chi connectivity index (χ0) is 27.1. The van der Waals surface area contributed by atoms with E-state index in [1.54, 1.807) is 58.0 Å². The van der Waals surface area contributed by atoms with Crippen LogP contribution in [-0.4, -0.2) is 42.1 Å². The minimum Gasteiger partial charge on any atom is -0.481 e. The van der Waals surface area contributed by atoms with Gasteiger partial charge in [-0.3, -0.25) is 9.59 Å². The number of carboxylic acids is 1. The summed E-state index contributed by atoms with van der Waals surface area (Å²) in [5, 5.41) is 20.7. The van der Waals surface area contributed by atoms with Gasteiger partial charge < -0.3 is 24.1 Å². The lowest BCUT2D eigenvalue weighted by molar-refractivity contribution is -0.232. The lowest BCUT2D eigenvalue weighted by Gasteiger charge is -2.25. The van der Waals surface area contributed by atoms with Gasteiger partial charge in [-0.2, -0.15) is 5.26 Å². The van der Waals surface area contributed by atoms with Crippen molar-refractivity contribution in [2.24, 2.45) is 16.7 Å². The zero-order valence-corrected chi connectivity index (χ0v) is 21.6. The Labute approximate surface area is 216 Å². The number of hydrogen-bond acceptors (Lipinski definition) is 7. The molecule has 194 valence electrons. The highest BCUT2D eigenvalue weighted by Crippen LogP contribution is 2.75. The maximum absolute atomic E-state index is 13.1. The average Bonchev–Trinajstić information content (AvgIpc) is 3.16. The summed E-state index contributed by atoms with van der Waals surface area (Å²) in [6, 6.07) is 18.3. The van der Waals surface area contributed by atoms with E-state index < -0.39 is 46.0 Å². The molecule has 4 atom stereocenters. The van der Waals surface area contributed by atoms with Gasteiger partial charge in [-0.15, -0.1) is 0 Å². The molecule has 1 heterocycles. The van der Waals surface area contributed by atoms with Gasteiger partial charge >= 0.3 is 5.97 Å². The monoisotopic (exact) mass is 505 g/mol. The number of ether oxygens (including phenoxy) is 4. The third kappa shape index (κ3) is 4.44. The van der Waals surface area contributed by atoms with E-state index in [-0.39, 0.29) is 6.61 Å². The Kier molecular flexibility index (Phi) is 6.76. The summed E-state index contributed by atoms with van der Waals surface area (Å²) in [7, 11) is 1.36. The van der Waals surface area contributed by atoms with Crippen LogP contribution in [0.4, 0.5) is 0 Å². The zero-order valence-electron chi connectivity index (χ0n) is 21.6. The molecule has 8 nitrogen and oxygen atoms in total. The van der Waals surface area contributed by atoms with Gasteiger partial charge in [-0.1, -0.05) is 50.3 Å². The number of rotatable bonds is 9. The third-order valence-electron chi connectivity index (χ3n) is 7.53. The molecule has 2 fully saturated rings. The van der Waals surface area contributed by atoms with Crippen molar-refractivity contribution in [2.75, 3.05) is 13.7 Å². The molecule has 0 spiro atoms. The van der Waals surface area contributed by atoms with Crippen molar-refractivity contribution in [1.29, 1.82) is 5.26 Å². The van der Waals surface area contributed by atoms with E-state index in [1.807, 2.05) is 30.3 Å². The fourth-order valence-corrected chi connectivity index (χ4v) is 5.49. The molecular formula is C29H31NO7. The molecule has 8 heteroatoms. The van der Waals surface area contributed by atoms with Gasteiger partial charge in [-0.25, -0.2) is 0 Å². The van der Waals surface area contributed by atoms with E-state index in [0.29, 0.717) is 17.1 Å². The van der Waals surface area contributed by atoms with Crippen LogP contribution in [0.2, 0.25) is 0 Å². The van der Waals surface area contributed by atoms with Crippen molar-refractivity contribution < 1.29 is 33.6 Å². The molecule has 1 N–H and O–H groups in total. The number of nitrogens with zero attached hydrogens (tertiary/aromatic N) is 1. The molecule has 0 bridgehead atoms. The van der Waals surface area contributed by atoms with E-state index in [2.05, 4.69) is 6.07 Å². The second kappa shape index (κ2) is 9.42. The van der Waals surface area contributed by atoms with E-state index >= 15 is 0 Å². The largest absolute Gasteiger partial charge is 0.481 e. The predicted molar refractivity (Wildman–Crippen MR) is 134 cm³/mol. The summed E-state index contributed by atoms with van der Waals surface area (Å²) >= 11 is 0. The minimum atomic E-state index is -1.61. The number of carboxylic acid groups (broad SMARTS) is 1. The molecule has 37 heavy (non-hydrogen) atoms. The van der Waals surface area contributed by atoms with Gasteiger partial charge in [0, 0.05) is 13.0 Å². The molecule has 2 aromatic rings. The highest BCUT2D eigenvalue weighted by atomic mass is 16.8. The Hall–Kier alpha value is -3.51. The van der Waals surface area contributed by atoms with E-state index in [0.717, 1.165) is 0 Å². The van der Waals surface area contributed by atoms with Crippen LogP contribution in [0.25, 0.3) is 0 Å². The SMILES string of the molecule is CO[C@@]1(C(=O)C=C[C@H]2C(C)(C)[C@]2(C(=O)O)C(C#N)c2cccc(Oc3ccccc3)c2)COC(C)(C)O1. The van der Waals surface area contributed by atoms with Crippen LogP contribution in [-0.2, 0) is 23.8 Å². The quantitative estimate of drug-likeness (QED) is 0.470. The summed E-state index contributed by atoms with van der Waals surface area (Å²) in [5.41, 5.74) is -1.76. The molecule has 1 saturated heterocycles. The first-order chi connectivity index (χ1) is 17.4. The molecule has 2 aromatic carbocycles. The van der Waals surface area contributed by atoms with Gasteiger partial charge in [0.2, 0.25) is 5.78 Å². The summed E-state index contributed by atoms with van der Waals surface area (Å²) in [4.78, 5) is 25.9. The second-order valence-corrected chi connectivity index (χ2v) is 10.4. The van der Waals surface area contributed by atoms with Crippen LogP contribution in [0, 0.1) is 28.1 Å². The first-order valence-electron chi connectivity index (χ1n) is 12.0. The molecular weight excluding hydrogens is 474 g/mol. The normalized spacial score (nSPS) is 28.4. The summed E-state index contributed by atoms with van der Waals surface area (Å²) in [6.45, 7) is 6.85. The molecule has 0 amide bonds. The van der Waals surface area contributed by atoms with E-state index in [9.17, 15) is 20.0 Å². The molecule has 0 radical (unpaired) electrons. The van der Waals surface area contributed by atoms with Gasteiger partial charge in [-0.05, 0) is 55.2 Å². The number of benzene rings is 2. The molecule has 1 unspecified atom stereocenters. The number of methoxy groups -OCH3 is 1. The predicted octanol–water partition coefficient (Wildman–Crippen LogP) is 5.06. The van der Waals surface area contributed by atoms with Crippen molar-refractivity contribution in [3.63, 3.8) is 0 Å². The fraction of sp³-hybridized carbons (Fsp3) is 0.414. The van der Waals surface area contributed by atoms with Crippen LogP contribution in [0.5, 0.6) is 11.5 Å². The van der Waals surface area contributed by atoms with Crippen molar-refractivity contribution in [1.82, 2.24) is 0 Å². The molecule has 4 rings (SSSR count).